The predicted molar refractivity (Wildman–Crippen MR) is 168 cm³/mol. The average Bonchev–Trinajstić information content (AvgIpc) is 2.97. The number of ether oxygens (including phenoxy) is 2. The number of carbonyl (C=O) groups is 1. The number of amides is 1. The number of anilines is 5. The third kappa shape index (κ3) is 7.21. The summed E-state index contributed by atoms with van der Waals surface area (Å²) in [7, 11) is 2.14. The Hall–Kier alpha value is -4.70. The molecular formula is C33H37FN6O3. The number of benzene rings is 3. The van der Waals surface area contributed by atoms with E-state index in [1.807, 2.05) is 58.0 Å². The number of carbonyl (C=O) groups excluding carboxylic acids is 1. The molecule has 10 heteroatoms. The van der Waals surface area contributed by atoms with Gasteiger partial charge in [-0.3, -0.25) is 0 Å². The van der Waals surface area contributed by atoms with Crippen molar-refractivity contribution in [2.45, 2.75) is 33.8 Å². The molecule has 0 radical (unpaired) electrons. The van der Waals surface area contributed by atoms with Gasteiger partial charge in [0.2, 0.25) is 5.95 Å². The number of hydrogen-bond donors (Lipinski definition) is 1. The quantitative estimate of drug-likeness (QED) is 0.241. The molecule has 5 rings (SSSR count). The Morgan fingerprint density at radius 2 is 1.67 bits per heavy atom. The number of piperazine rings is 1. The summed E-state index contributed by atoms with van der Waals surface area (Å²) in [6, 6.07) is 19.3. The topological polar surface area (TPSA) is 83.1 Å². The van der Waals surface area contributed by atoms with E-state index in [2.05, 4.69) is 44.3 Å². The highest BCUT2D eigenvalue weighted by Gasteiger charge is 2.27. The maximum atomic E-state index is 14.3. The van der Waals surface area contributed by atoms with Crippen LogP contribution >= 0.6 is 0 Å². The maximum absolute atomic E-state index is 14.3. The second-order valence-electron chi connectivity index (χ2n) is 10.9. The number of likely N-dealkylation sites (N-methyl/N-ethyl adjacent to an activating group) is 1. The van der Waals surface area contributed by atoms with Crippen molar-refractivity contribution in [1.29, 1.82) is 0 Å². The van der Waals surface area contributed by atoms with Gasteiger partial charge in [0.05, 0.1) is 11.8 Å². The van der Waals surface area contributed by atoms with E-state index in [1.54, 1.807) is 12.3 Å². The van der Waals surface area contributed by atoms with Crippen molar-refractivity contribution in [3.8, 4) is 11.5 Å². The van der Waals surface area contributed by atoms with Gasteiger partial charge in [0.1, 0.15) is 23.1 Å². The summed E-state index contributed by atoms with van der Waals surface area (Å²) in [6.07, 6.45) is 0.557. The zero-order valence-electron chi connectivity index (χ0n) is 25.2. The molecule has 1 aromatic heterocycles. The standard InChI is InChI=1S/C33H37FN6O3/c1-22(2)42-29-21-25(34)9-14-28(29)40(33(41)43-31-23(3)7-6-8-24(31)4)30-15-16-35-32(37-30)36-26-10-12-27(13-11-26)39-19-17-38(5)18-20-39/h6-16,21-22H,17-20H2,1-5H3,(H,35,36,37). The summed E-state index contributed by atoms with van der Waals surface area (Å²) >= 11 is 0. The molecule has 43 heavy (non-hydrogen) atoms. The third-order valence-corrected chi connectivity index (χ3v) is 7.17. The molecule has 224 valence electrons. The molecule has 4 aromatic rings. The number of para-hydroxylation sites is 1. The molecule has 0 atom stereocenters. The van der Waals surface area contributed by atoms with E-state index in [9.17, 15) is 9.18 Å². The number of nitrogens with one attached hydrogen (secondary N) is 1. The van der Waals surface area contributed by atoms with E-state index in [0.717, 1.165) is 48.7 Å². The van der Waals surface area contributed by atoms with Crippen LogP contribution in [0, 0.1) is 19.7 Å². The SMILES string of the molecule is Cc1cccc(C)c1OC(=O)N(c1ccnc(Nc2ccc(N3CCN(C)CC3)cc2)n1)c1ccc(F)cc1OC(C)C. The molecule has 0 unspecified atom stereocenters. The molecule has 1 N–H and O–H groups in total. The lowest BCUT2D eigenvalue weighted by molar-refractivity contribution is 0.208. The van der Waals surface area contributed by atoms with Gasteiger partial charge >= 0.3 is 6.09 Å². The average molecular weight is 585 g/mol. The van der Waals surface area contributed by atoms with Crippen molar-refractivity contribution >= 4 is 34.9 Å². The van der Waals surface area contributed by atoms with E-state index in [-0.39, 0.29) is 29.3 Å². The minimum atomic E-state index is -0.723. The maximum Gasteiger partial charge on any atom is 0.425 e. The first kappa shape index (κ1) is 29.8. The molecule has 0 saturated carbocycles. The van der Waals surface area contributed by atoms with Crippen molar-refractivity contribution in [3.05, 3.63) is 89.9 Å². The lowest BCUT2D eigenvalue weighted by Crippen LogP contribution is -2.44. The first-order valence-electron chi connectivity index (χ1n) is 14.4. The van der Waals surface area contributed by atoms with Crippen molar-refractivity contribution in [3.63, 3.8) is 0 Å². The van der Waals surface area contributed by atoms with E-state index in [4.69, 9.17) is 9.47 Å². The zero-order valence-corrected chi connectivity index (χ0v) is 25.2. The summed E-state index contributed by atoms with van der Waals surface area (Å²) in [5.74, 6) is 0.638. The fourth-order valence-corrected chi connectivity index (χ4v) is 4.91. The monoisotopic (exact) mass is 584 g/mol. The van der Waals surface area contributed by atoms with Gasteiger partial charge in [-0.2, -0.15) is 4.98 Å². The van der Waals surface area contributed by atoms with Crippen LogP contribution in [0.1, 0.15) is 25.0 Å². The largest absolute Gasteiger partial charge is 0.489 e. The molecule has 1 aliphatic heterocycles. The molecule has 0 spiro atoms. The number of aromatic nitrogens is 2. The number of rotatable bonds is 8. The van der Waals surface area contributed by atoms with Gasteiger partial charge in [0.15, 0.2) is 0 Å². The van der Waals surface area contributed by atoms with Crippen LogP contribution in [0.4, 0.5) is 38.0 Å². The van der Waals surface area contributed by atoms with Gasteiger partial charge < -0.3 is 24.6 Å². The van der Waals surface area contributed by atoms with Crippen LogP contribution in [-0.4, -0.2) is 60.3 Å². The lowest BCUT2D eigenvalue weighted by atomic mass is 10.1. The van der Waals surface area contributed by atoms with Crippen LogP contribution in [-0.2, 0) is 0 Å². The van der Waals surface area contributed by atoms with Crippen LogP contribution in [0.2, 0.25) is 0 Å². The van der Waals surface area contributed by atoms with Crippen molar-refractivity contribution in [1.82, 2.24) is 14.9 Å². The third-order valence-electron chi connectivity index (χ3n) is 7.17. The summed E-state index contributed by atoms with van der Waals surface area (Å²) in [5, 5.41) is 3.23. The molecular weight excluding hydrogens is 547 g/mol. The molecule has 3 aromatic carbocycles. The number of nitrogens with zero attached hydrogens (tertiary/aromatic N) is 5. The summed E-state index contributed by atoms with van der Waals surface area (Å²) in [5.41, 5.74) is 3.84. The van der Waals surface area contributed by atoms with E-state index >= 15 is 0 Å². The second-order valence-corrected chi connectivity index (χ2v) is 10.9. The van der Waals surface area contributed by atoms with Gasteiger partial charge in [-0.05, 0) is 82.3 Å². The molecule has 0 aliphatic carbocycles. The zero-order chi connectivity index (χ0) is 30.5. The summed E-state index contributed by atoms with van der Waals surface area (Å²) in [4.78, 5) is 28.9. The first-order chi connectivity index (χ1) is 20.7. The van der Waals surface area contributed by atoms with E-state index < -0.39 is 11.9 Å². The fourth-order valence-electron chi connectivity index (χ4n) is 4.91. The molecule has 1 fully saturated rings. The van der Waals surface area contributed by atoms with Gasteiger partial charge in [0.25, 0.3) is 0 Å². The van der Waals surface area contributed by atoms with Gasteiger partial charge in [-0.1, -0.05) is 18.2 Å². The normalized spacial score (nSPS) is 13.6. The molecule has 0 bridgehead atoms. The Bertz CT molecular complexity index is 1550. The van der Waals surface area contributed by atoms with Crippen LogP contribution in [0.25, 0.3) is 0 Å². The molecule has 2 heterocycles. The highest BCUT2D eigenvalue weighted by Crippen LogP contribution is 2.36. The van der Waals surface area contributed by atoms with Crippen LogP contribution in [0.3, 0.4) is 0 Å². The fraction of sp³-hybridized carbons (Fsp3) is 0.303. The van der Waals surface area contributed by atoms with Crippen LogP contribution in [0.15, 0.2) is 72.9 Å². The van der Waals surface area contributed by atoms with Crippen LogP contribution in [0.5, 0.6) is 11.5 Å². The Morgan fingerprint density at radius 3 is 2.35 bits per heavy atom. The Balaban J connectivity index is 1.46. The summed E-state index contributed by atoms with van der Waals surface area (Å²) < 4.78 is 26.2. The van der Waals surface area contributed by atoms with E-state index in [1.165, 1.54) is 23.1 Å². The number of hydrogen-bond acceptors (Lipinski definition) is 8. The Morgan fingerprint density at radius 1 is 0.977 bits per heavy atom. The van der Waals surface area contributed by atoms with E-state index in [0.29, 0.717) is 5.75 Å². The Labute approximate surface area is 251 Å². The molecule has 1 saturated heterocycles. The Kier molecular flexibility index (Phi) is 9.06. The minimum absolute atomic E-state index is 0.182. The molecule has 1 aliphatic rings. The lowest BCUT2D eigenvalue weighted by Gasteiger charge is -2.34. The summed E-state index contributed by atoms with van der Waals surface area (Å²) in [6.45, 7) is 11.4. The van der Waals surface area contributed by atoms with Crippen molar-refractivity contribution in [2.24, 2.45) is 0 Å². The first-order valence-corrected chi connectivity index (χ1v) is 14.4. The predicted octanol–water partition coefficient (Wildman–Crippen LogP) is 6.85. The van der Waals surface area contributed by atoms with Crippen LogP contribution < -0.4 is 24.6 Å². The number of halogens is 1. The minimum Gasteiger partial charge on any atom is -0.489 e. The number of aryl methyl sites for hydroxylation is 2. The second kappa shape index (κ2) is 13.1. The van der Waals surface area contributed by atoms with Crippen molar-refractivity contribution in [2.75, 3.05) is 48.3 Å². The van der Waals surface area contributed by atoms with Gasteiger partial charge in [-0.25, -0.2) is 19.1 Å². The highest BCUT2D eigenvalue weighted by atomic mass is 19.1. The van der Waals surface area contributed by atoms with Crippen molar-refractivity contribution < 1.29 is 18.7 Å². The molecule has 1 amide bonds. The van der Waals surface area contributed by atoms with Gasteiger partial charge in [0, 0.05) is 55.9 Å². The highest BCUT2D eigenvalue weighted by molar-refractivity contribution is 5.98. The van der Waals surface area contributed by atoms with Gasteiger partial charge in [-0.15, -0.1) is 0 Å². The smallest absolute Gasteiger partial charge is 0.425 e. The molecule has 9 nitrogen and oxygen atoms in total.